The van der Waals surface area contributed by atoms with Crippen molar-refractivity contribution in [2.75, 3.05) is 0 Å². The van der Waals surface area contributed by atoms with Crippen molar-refractivity contribution < 1.29 is 0 Å². The fourth-order valence-corrected chi connectivity index (χ4v) is 1.77. The second-order valence-corrected chi connectivity index (χ2v) is 4.13. The van der Waals surface area contributed by atoms with Crippen LogP contribution in [0.4, 0.5) is 0 Å². The van der Waals surface area contributed by atoms with E-state index >= 15 is 0 Å². The van der Waals surface area contributed by atoms with Gasteiger partial charge in [-0.3, -0.25) is 0 Å². The number of rotatable bonds is 2. The largest absolute Gasteiger partial charge is 0.0955 e. The summed E-state index contributed by atoms with van der Waals surface area (Å²) < 4.78 is 0. The Morgan fingerprint density at radius 3 is 2.62 bits per heavy atom. The predicted molar refractivity (Wildman–Crippen MR) is 57.9 cm³/mol. The Bertz CT molecular complexity index is 343. The summed E-state index contributed by atoms with van der Waals surface area (Å²) in [6.07, 6.45) is 2.75. The fourth-order valence-electron chi connectivity index (χ4n) is 1.77. The molecule has 1 aliphatic carbocycles. The predicted octanol–water partition coefficient (Wildman–Crippen LogP) is 3.91. The van der Waals surface area contributed by atoms with Crippen LogP contribution in [0.2, 0.25) is 0 Å². The summed E-state index contributed by atoms with van der Waals surface area (Å²) in [7, 11) is 0. The third-order valence-electron chi connectivity index (χ3n) is 2.77. The highest BCUT2D eigenvalue weighted by Gasteiger charge is 2.23. The first-order chi connectivity index (χ1) is 6.18. The Balaban J connectivity index is 2.41. The summed E-state index contributed by atoms with van der Waals surface area (Å²) >= 11 is 0. The van der Waals surface area contributed by atoms with Crippen LogP contribution in [-0.4, -0.2) is 0 Å². The summed E-state index contributed by atoms with van der Waals surface area (Å²) in [4.78, 5) is 0. The first kappa shape index (κ1) is 8.55. The minimum absolute atomic E-state index is 0.846. The van der Waals surface area contributed by atoms with Crippen molar-refractivity contribution in [1.82, 2.24) is 0 Å². The first-order valence-corrected chi connectivity index (χ1v) is 4.95. The van der Waals surface area contributed by atoms with Gasteiger partial charge in [0.25, 0.3) is 0 Å². The van der Waals surface area contributed by atoms with Crippen molar-refractivity contribution in [1.29, 1.82) is 0 Å². The monoisotopic (exact) mass is 172 g/mol. The maximum Gasteiger partial charge on any atom is -0.0161 e. The third-order valence-corrected chi connectivity index (χ3v) is 2.77. The molecule has 0 saturated heterocycles. The summed E-state index contributed by atoms with van der Waals surface area (Å²) in [5.74, 6) is 0.846. The van der Waals surface area contributed by atoms with Gasteiger partial charge in [0, 0.05) is 0 Å². The Morgan fingerprint density at radius 2 is 2.08 bits per heavy atom. The van der Waals surface area contributed by atoms with E-state index < -0.39 is 0 Å². The standard InChI is InChI=1S/C13H16/c1-9(2)13-8-12(11-6-7-11)5-4-10(13)3/h4-5,8,11H,1,6-7H2,2-3H3. The van der Waals surface area contributed by atoms with Gasteiger partial charge in [0.1, 0.15) is 0 Å². The molecule has 2 rings (SSSR count). The van der Waals surface area contributed by atoms with E-state index in [1.165, 1.54) is 35.1 Å². The molecule has 1 aliphatic rings. The molecule has 13 heavy (non-hydrogen) atoms. The van der Waals surface area contributed by atoms with Crippen LogP contribution in [0.5, 0.6) is 0 Å². The second-order valence-electron chi connectivity index (χ2n) is 4.13. The van der Waals surface area contributed by atoms with E-state index in [4.69, 9.17) is 0 Å². The Hall–Kier alpha value is -1.04. The highest BCUT2D eigenvalue weighted by atomic mass is 14.3. The molecule has 1 aromatic carbocycles. The minimum atomic E-state index is 0.846. The first-order valence-electron chi connectivity index (χ1n) is 4.95. The van der Waals surface area contributed by atoms with E-state index in [1.54, 1.807) is 0 Å². The highest BCUT2D eigenvalue weighted by Crippen LogP contribution is 2.40. The molecular formula is C13H16. The summed E-state index contributed by atoms with van der Waals surface area (Å²) in [5.41, 5.74) is 5.37. The van der Waals surface area contributed by atoms with Crippen LogP contribution in [0.15, 0.2) is 24.8 Å². The molecule has 1 fully saturated rings. The Morgan fingerprint density at radius 1 is 1.38 bits per heavy atom. The molecule has 0 heterocycles. The molecule has 0 unspecified atom stereocenters. The Labute approximate surface area is 80.3 Å². The van der Waals surface area contributed by atoms with Crippen LogP contribution < -0.4 is 0 Å². The number of benzene rings is 1. The Kier molecular flexibility index (Phi) is 1.99. The van der Waals surface area contributed by atoms with Crippen molar-refractivity contribution in [3.05, 3.63) is 41.5 Å². The molecule has 0 nitrogen and oxygen atoms in total. The molecule has 1 aromatic rings. The normalized spacial score (nSPS) is 15.8. The maximum atomic E-state index is 4.01. The molecule has 0 aliphatic heterocycles. The van der Waals surface area contributed by atoms with Gasteiger partial charge < -0.3 is 0 Å². The van der Waals surface area contributed by atoms with E-state index in [2.05, 4.69) is 38.6 Å². The smallest absolute Gasteiger partial charge is 0.0161 e. The van der Waals surface area contributed by atoms with Gasteiger partial charge in [-0.05, 0) is 49.3 Å². The number of aryl methyl sites for hydroxylation is 1. The maximum absolute atomic E-state index is 4.01. The van der Waals surface area contributed by atoms with Crippen LogP contribution >= 0.6 is 0 Å². The van der Waals surface area contributed by atoms with E-state index in [9.17, 15) is 0 Å². The van der Waals surface area contributed by atoms with Crippen molar-refractivity contribution >= 4 is 5.57 Å². The molecule has 0 radical (unpaired) electrons. The molecule has 0 aromatic heterocycles. The lowest BCUT2D eigenvalue weighted by Gasteiger charge is -2.07. The number of allylic oxidation sites excluding steroid dienone is 1. The van der Waals surface area contributed by atoms with Crippen LogP contribution in [0.25, 0.3) is 5.57 Å². The molecule has 68 valence electrons. The summed E-state index contributed by atoms with van der Waals surface area (Å²) in [6, 6.07) is 6.80. The lowest BCUT2D eigenvalue weighted by atomic mass is 9.98. The molecule has 0 N–H and O–H groups in total. The lowest BCUT2D eigenvalue weighted by Crippen LogP contribution is -1.88. The lowest BCUT2D eigenvalue weighted by molar-refractivity contribution is 1.12. The number of hydrogen-bond acceptors (Lipinski definition) is 0. The van der Waals surface area contributed by atoms with Gasteiger partial charge in [0.2, 0.25) is 0 Å². The van der Waals surface area contributed by atoms with E-state index in [1.807, 2.05) is 0 Å². The zero-order chi connectivity index (χ0) is 9.42. The van der Waals surface area contributed by atoms with Gasteiger partial charge in [-0.25, -0.2) is 0 Å². The van der Waals surface area contributed by atoms with Gasteiger partial charge in [0.05, 0.1) is 0 Å². The SMILES string of the molecule is C=C(C)c1cc(C2CC2)ccc1C. The van der Waals surface area contributed by atoms with Crippen molar-refractivity contribution in [3.63, 3.8) is 0 Å². The molecule has 0 bridgehead atoms. The van der Waals surface area contributed by atoms with Crippen LogP contribution in [0.1, 0.15) is 42.4 Å². The van der Waals surface area contributed by atoms with Crippen molar-refractivity contribution in [2.24, 2.45) is 0 Å². The second kappa shape index (κ2) is 3.02. The van der Waals surface area contributed by atoms with Gasteiger partial charge in [-0.2, -0.15) is 0 Å². The van der Waals surface area contributed by atoms with E-state index in [0.717, 1.165) is 5.92 Å². The average Bonchev–Trinajstić information content (AvgIpc) is 2.87. The summed E-state index contributed by atoms with van der Waals surface area (Å²) in [5, 5.41) is 0. The van der Waals surface area contributed by atoms with Crippen molar-refractivity contribution in [2.45, 2.75) is 32.6 Å². The quantitative estimate of drug-likeness (QED) is 0.634. The van der Waals surface area contributed by atoms with Gasteiger partial charge in [-0.15, -0.1) is 0 Å². The third kappa shape index (κ3) is 1.67. The van der Waals surface area contributed by atoms with Gasteiger partial charge in [0.15, 0.2) is 0 Å². The van der Waals surface area contributed by atoms with Gasteiger partial charge in [-0.1, -0.05) is 30.4 Å². The zero-order valence-corrected chi connectivity index (χ0v) is 8.43. The summed E-state index contributed by atoms with van der Waals surface area (Å²) in [6.45, 7) is 8.24. The van der Waals surface area contributed by atoms with E-state index in [0.29, 0.717) is 0 Å². The van der Waals surface area contributed by atoms with Crippen LogP contribution in [-0.2, 0) is 0 Å². The highest BCUT2D eigenvalue weighted by molar-refractivity contribution is 5.65. The minimum Gasteiger partial charge on any atom is -0.0955 e. The van der Waals surface area contributed by atoms with E-state index in [-0.39, 0.29) is 0 Å². The molecule has 0 amide bonds. The molecule has 0 spiro atoms. The zero-order valence-electron chi connectivity index (χ0n) is 8.43. The molecular weight excluding hydrogens is 156 g/mol. The molecule has 0 heteroatoms. The van der Waals surface area contributed by atoms with Crippen LogP contribution in [0, 0.1) is 6.92 Å². The topological polar surface area (TPSA) is 0 Å². The fraction of sp³-hybridized carbons (Fsp3) is 0.385. The van der Waals surface area contributed by atoms with Gasteiger partial charge >= 0.3 is 0 Å². The molecule has 1 saturated carbocycles. The molecule has 0 atom stereocenters. The van der Waals surface area contributed by atoms with Crippen molar-refractivity contribution in [3.8, 4) is 0 Å². The number of hydrogen-bond donors (Lipinski definition) is 0. The van der Waals surface area contributed by atoms with Crippen LogP contribution in [0.3, 0.4) is 0 Å². The average molecular weight is 172 g/mol.